The quantitative estimate of drug-likeness (QED) is 0.432. The lowest BCUT2D eigenvalue weighted by Gasteiger charge is -2.26. The number of rotatable bonds is 2. The van der Waals surface area contributed by atoms with E-state index in [4.69, 9.17) is 10.5 Å². The number of nitrogen functional groups attached to an aromatic ring is 1. The molecule has 0 unspecified atom stereocenters. The molecule has 5 N–H and O–H groups in total. The minimum Gasteiger partial charge on any atom is -0.394 e. The molecule has 1 aliphatic rings. The zero-order valence-corrected chi connectivity index (χ0v) is 16.3. The van der Waals surface area contributed by atoms with Crippen molar-refractivity contribution in [3.8, 4) is 11.5 Å². The molecule has 0 aliphatic carbocycles. The van der Waals surface area contributed by atoms with Crippen LogP contribution in [0.15, 0.2) is 12.4 Å². The minimum atomic E-state index is -1.63. The average molecular weight is 376 g/mol. The van der Waals surface area contributed by atoms with Crippen molar-refractivity contribution in [1.29, 1.82) is 0 Å². The van der Waals surface area contributed by atoms with E-state index in [1.807, 2.05) is 0 Å². The summed E-state index contributed by atoms with van der Waals surface area (Å²) < 4.78 is 7.25. The fraction of sp³-hybridized carbons (Fsp3) is 0.529. The normalized spacial score (nSPS) is 29.0. The van der Waals surface area contributed by atoms with Crippen molar-refractivity contribution < 1.29 is 20.1 Å². The molecule has 3 heterocycles. The molecule has 4 atom stereocenters. The van der Waals surface area contributed by atoms with Gasteiger partial charge in [0.15, 0.2) is 5.82 Å². The van der Waals surface area contributed by atoms with Crippen molar-refractivity contribution in [2.75, 3.05) is 12.3 Å². The number of aromatic nitrogens is 3. The molecule has 2 aromatic rings. The lowest BCUT2D eigenvalue weighted by atomic mass is 9.91. The number of aliphatic hydroxyl groups is 3. The van der Waals surface area contributed by atoms with E-state index in [9.17, 15) is 15.3 Å². The van der Waals surface area contributed by atoms with E-state index in [0.29, 0.717) is 16.8 Å². The summed E-state index contributed by atoms with van der Waals surface area (Å²) in [5.41, 5.74) is 9.38. The molecule has 9 heteroatoms. The molecule has 140 valence electrons. The largest absolute Gasteiger partial charge is 0.394 e. The highest BCUT2D eigenvalue weighted by molar-refractivity contribution is 6.83. The highest BCUT2D eigenvalue weighted by atomic mass is 28.3. The molecular weight excluding hydrogens is 352 g/mol. The third-order valence-corrected chi connectivity index (χ3v) is 5.30. The van der Waals surface area contributed by atoms with Gasteiger partial charge >= 0.3 is 0 Å². The van der Waals surface area contributed by atoms with Gasteiger partial charge in [-0.15, -0.1) is 5.54 Å². The predicted octanol–water partition coefficient (Wildman–Crippen LogP) is 0.0845. The van der Waals surface area contributed by atoms with E-state index in [2.05, 4.69) is 41.2 Å². The summed E-state index contributed by atoms with van der Waals surface area (Å²) in [6.07, 6.45) is -1.72. The van der Waals surface area contributed by atoms with Crippen molar-refractivity contribution >= 4 is 19.4 Å². The summed E-state index contributed by atoms with van der Waals surface area (Å²) in [4.78, 5) is 4.03. The molecule has 0 spiro atoms. The maximum absolute atomic E-state index is 10.8. The first kappa shape index (κ1) is 18.8. The second-order valence-corrected chi connectivity index (χ2v) is 12.5. The number of nitrogens with two attached hydrogens (primary N) is 1. The van der Waals surface area contributed by atoms with Crippen molar-refractivity contribution in [3.05, 3.63) is 23.7 Å². The number of hydrogen-bond donors (Lipinski definition) is 4. The van der Waals surface area contributed by atoms with Gasteiger partial charge in [-0.1, -0.05) is 25.6 Å². The molecule has 0 bridgehead atoms. The Kier molecular flexibility index (Phi) is 4.58. The highest BCUT2D eigenvalue weighted by Crippen LogP contribution is 2.42. The Morgan fingerprint density at radius 1 is 1.42 bits per heavy atom. The fourth-order valence-corrected chi connectivity index (χ4v) is 3.57. The van der Waals surface area contributed by atoms with Gasteiger partial charge in [0.1, 0.15) is 43.8 Å². The van der Waals surface area contributed by atoms with Crippen LogP contribution in [0.5, 0.6) is 0 Å². The van der Waals surface area contributed by atoms with Crippen LogP contribution in [0, 0.1) is 11.5 Å². The van der Waals surface area contributed by atoms with Gasteiger partial charge in [-0.25, -0.2) is 9.50 Å². The fourth-order valence-electron chi connectivity index (χ4n) is 3.06. The monoisotopic (exact) mass is 376 g/mol. The van der Waals surface area contributed by atoms with E-state index in [1.165, 1.54) is 17.8 Å². The summed E-state index contributed by atoms with van der Waals surface area (Å²) in [5.74, 6) is 3.42. The van der Waals surface area contributed by atoms with Gasteiger partial charge in [0.2, 0.25) is 0 Å². The molecule has 1 saturated heterocycles. The molecule has 0 aromatic carbocycles. The molecule has 1 fully saturated rings. The van der Waals surface area contributed by atoms with Crippen LogP contribution in [-0.2, 0) is 4.74 Å². The van der Waals surface area contributed by atoms with E-state index >= 15 is 0 Å². The van der Waals surface area contributed by atoms with Gasteiger partial charge in [0, 0.05) is 0 Å². The lowest BCUT2D eigenvalue weighted by Crippen LogP contribution is -2.43. The molecular formula is C17H24N4O4Si. The van der Waals surface area contributed by atoms with Crippen LogP contribution < -0.4 is 5.73 Å². The SMILES string of the molecule is C[C@@]1(O)[C@H](O)[C@@H](CO)O[C@H]1c1cc(C#C[Si](C)(C)C)c2c(N)ncnn12. The van der Waals surface area contributed by atoms with Gasteiger partial charge in [-0.2, -0.15) is 5.10 Å². The average Bonchev–Trinajstić information content (AvgIpc) is 3.02. The summed E-state index contributed by atoms with van der Waals surface area (Å²) in [6, 6.07) is 1.75. The van der Waals surface area contributed by atoms with Crippen molar-refractivity contribution in [1.82, 2.24) is 14.6 Å². The third kappa shape index (κ3) is 3.11. The highest BCUT2D eigenvalue weighted by Gasteiger charge is 2.53. The van der Waals surface area contributed by atoms with Crippen molar-refractivity contribution in [2.24, 2.45) is 0 Å². The smallest absolute Gasteiger partial charge is 0.152 e. The van der Waals surface area contributed by atoms with Crippen molar-refractivity contribution in [3.63, 3.8) is 0 Å². The second kappa shape index (κ2) is 6.33. The Labute approximate surface area is 152 Å². The van der Waals surface area contributed by atoms with E-state index in [1.54, 1.807) is 6.07 Å². The van der Waals surface area contributed by atoms with Gasteiger partial charge in [-0.3, -0.25) is 0 Å². The van der Waals surface area contributed by atoms with Crippen molar-refractivity contribution in [2.45, 2.75) is 50.5 Å². The number of fused-ring (bicyclic) bond motifs is 1. The lowest BCUT2D eigenvalue weighted by molar-refractivity contribution is -0.0664. The van der Waals surface area contributed by atoms with Gasteiger partial charge in [-0.05, 0) is 13.0 Å². The zero-order valence-electron chi connectivity index (χ0n) is 15.3. The molecule has 3 rings (SSSR count). The van der Waals surface area contributed by atoms with E-state index in [-0.39, 0.29) is 5.82 Å². The van der Waals surface area contributed by atoms with E-state index in [0.717, 1.165) is 0 Å². The summed E-state index contributed by atoms with van der Waals surface area (Å²) in [6.45, 7) is 7.45. The Morgan fingerprint density at radius 3 is 2.69 bits per heavy atom. The first-order valence-electron chi connectivity index (χ1n) is 8.38. The third-order valence-electron chi connectivity index (χ3n) is 4.42. The topological polar surface area (TPSA) is 126 Å². The predicted molar refractivity (Wildman–Crippen MR) is 99.0 cm³/mol. The summed E-state index contributed by atoms with van der Waals surface area (Å²) in [7, 11) is -1.63. The Hall–Kier alpha value is -1.96. The summed E-state index contributed by atoms with van der Waals surface area (Å²) in [5, 5.41) is 34.7. The molecule has 0 amide bonds. The zero-order chi connectivity index (χ0) is 19.3. The number of hydrogen-bond acceptors (Lipinski definition) is 7. The van der Waals surface area contributed by atoms with E-state index < -0.39 is 38.6 Å². The van der Waals surface area contributed by atoms with Crippen LogP contribution in [0.2, 0.25) is 19.6 Å². The number of aliphatic hydroxyl groups excluding tert-OH is 2. The maximum atomic E-state index is 10.8. The molecule has 2 aromatic heterocycles. The first-order chi connectivity index (χ1) is 12.1. The number of ether oxygens (including phenoxy) is 1. The molecule has 0 saturated carbocycles. The van der Waals surface area contributed by atoms with Gasteiger partial charge in [0.05, 0.1) is 17.9 Å². The van der Waals surface area contributed by atoms with Gasteiger partial charge < -0.3 is 25.8 Å². The van der Waals surface area contributed by atoms with Crippen LogP contribution >= 0.6 is 0 Å². The standard InChI is InChI=1S/C17H24N4O4Si/c1-17(24)14(23)12(8-22)25-15(17)11-7-10(5-6-26(2,3)4)13-16(18)19-9-20-21(11)13/h7,9,12,14-15,22-24H,8H2,1-4H3,(H2,18,19,20)/t12-,14-,15+,17-/m1/s1. The first-order valence-corrected chi connectivity index (χ1v) is 11.9. The molecule has 1 aliphatic heterocycles. The maximum Gasteiger partial charge on any atom is 0.152 e. The van der Waals surface area contributed by atoms with Gasteiger partial charge in [0.25, 0.3) is 0 Å². The number of nitrogens with zero attached hydrogens (tertiary/aromatic N) is 3. The number of anilines is 1. The van der Waals surface area contributed by atoms with Crippen LogP contribution in [0.1, 0.15) is 24.3 Å². The van der Waals surface area contributed by atoms with Crippen LogP contribution in [0.25, 0.3) is 5.52 Å². The molecule has 26 heavy (non-hydrogen) atoms. The molecule has 8 nitrogen and oxygen atoms in total. The minimum absolute atomic E-state index is 0.267. The Bertz CT molecular complexity index is 894. The molecule has 0 radical (unpaired) electrons. The Morgan fingerprint density at radius 2 is 2.12 bits per heavy atom. The second-order valence-electron chi connectivity index (χ2n) is 7.80. The van der Waals surface area contributed by atoms with Crippen LogP contribution in [0.4, 0.5) is 5.82 Å². The summed E-state index contributed by atoms with van der Waals surface area (Å²) >= 11 is 0. The van der Waals surface area contributed by atoms with Crippen LogP contribution in [-0.4, -0.2) is 62.4 Å². The Balaban J connectivity index is 2.19. The van der Waals surface area contributed by atoms with Crippen LogP contribution in [0.3, 0.4) is 0 Å².